The van der Waals surface area contributed by atoms with Gasteiger partial charge in [-0.1, -0.05) is 115 Å². The third kappa shape index (κ3) is 6.16. The Bertz CT molecular complexity index is 2760. The number of fused-ring (bicyclic) bond motifs is 4. The Morgan fingerprint density at radius 3 is 1.98 bits per heavy atom. The van der Waals surface area contributed by atoms with Crippen LogP contribution in [-0.2, 0) is 21.1 Å². The van der Waals surface area contributed by atoms with Gasteiger partial charge >= 0.3 is 0 Å². The number of pyridine rings is 1. The van der Waals surface area contributed by atoms with E-state index in [1.165, 1.54) is 0 Å². The molecule has 0 spiro atoms. The Balaban J connectivity index is 0.00000397. The van der Waals surface area contributed by atoms with Crippen LogP contribution in [0.2, 0.25) is 0 Å². The van der Waals surface area contributed by atoms with Crippen molar-refractivity contribution in [2.75, 3.05) is 17.2 Å². The van der Waals surface area contributed by atoms with Crippen molar-refractivity contribution in [3.63, 3.8) is 0 Å². The molecular formula is C48H33N4O2Pt-. The first-order chi connectivity index (χ1) is 26.7. The van der Waals surface area contributed by atoms with Gasteiger partial charge in [0.1, 0.15) is 17.2 Å². The maximum atomic E-state index is 6.48. The quantitative estimate of drug-likeness (QED) is 0.118. The molecule has 0 aliphatic carbocycles. The monoisotopic (exact) mass is 892 g/mol. The van der Waals surface area contributed by atoms with E-state index in [9.17, 15) is 0 Å². The van der Waals surface area contributed by atoms with Gasteiger partial charge in [0.05, 0.1) is 7.05 Å². The second-order valence-electron chi connectivity index (χ2n) is 13.2. The average Bonchev–Trinajstić information content (AvgIpc) is 3.75. The second-order valence-corrected chi connectivity index (χ2v) is 13.2. The van der Waals surface area contributed by atoms with Crippen LogP contribution in [0, 0.1) is 12.1 Å². The number of nitrogens with zero attached hydrogens (tertiary/aromatic N) is 4. The van der Waals surface area contributed by atoms with Gasteiger partial charge in [0, 0.05) is 50.0 Å². The summed E-state index contributed by atoms with van der Waals surface area (Å²) in [6.45, 7) is 0. The normalized spacial score (nSPS) is 12.2. The van der Waals surface area contributed by atoms with Crippen molar-refractivity contribution in [1.29, 1.82) is 0 Å². The number of ether oxygens (including phenoxy) is 1. The van der Waals surface area contributed by atoms with E-state index in [-0.39, 0.29) is 21.1 Å². The van der Waals surface area contributed by atoms with Crippen molar-refractivity contribution < 1.29 is 30.7 Å². The summed E-state index contributed by atoms with van der Waals surface area (Å²) in [5.41, 5.74) is 11.6. The third-order valence-corrected chi connectivity index (χ3v) is 9.94. The maximum absolute atomic E-state index is 6.48. The molecule has 55 heavy (non-hydrogen) atoms. The number of hydrogen-bond donors (Lipinski definition) is 0. The Labute approximate surface area is 333 Å². The first kappa shape index (κ1) is 34.3. The summed E-state index contributed by atoms with van der Waals surface area (Å²) in [7, 11) is 1.94. The molecule has 0 fully saturated rings. The summed E-state index contributed by atoms with van der Waals surface area (Å²) < 4.78 is 8.67. The van der Waals surface area contributed by atoms with Gasteiger partial charge in [0.25, 0.3) is 0 Å². The van der Waals surface area contributed by atoms with Crippen LogP contribution >= 0.6 is 0 Å². The Morgan fingerprint density at radius 2 is 1.22 bits per heavy atom. The average molecular weight is 893 g/mol. The molecule has 0 amide bonds. The van der Waals surface area contributed by atoms with Crippen LogP contribution in [0.15, 0.2) is 176 Å². The van der Waals surface area contributed by atoms with Crippen LogP contribution < -0.4 is 14.9 Å². The molecule has 0 bridgehead atoms. The zero-order valence-electron chi connectivity index (χ0n) is 29.7. The van der Waals surface area contributed by atoms with Crippen molar-refractivity contribution in [1.82, 2.24) is 9.55 Å². The maximum Gasteiger partial charge on any atom is 0.145 e. The Hall–Kier alpha value is -6.46. The van der Waals surface area contributed by atoms with Gasteiger partial charge in [-0.15, -0.1) is 45.8 Å². The zero-order chi connectivity index (χ0) is 36.0. The predicted octanol–water partition coefficient (Wildman–Crippen LogP) is 12.0. The molecule has 1 aliphatic heterocycles. The summed E-state index contributed by atoms with van der Waals surface area (Å²) in [6, 6.07) is 65.5. The van der Waals surface area contributed by atoms with E-state index in [1.807, 2.05) is 59.8 Å². The minimum absolute atomic E-state index is 0. The fourth-order valence-corrected chi connectivity index (χ4v) is 7.51. The van der Waals surface area contributed by atoms with E-state index < -0.39 is 0 Å². The molecule has 9 aromatic rings. The van der Waals surface area contributed by atoms with Gasteiger partial charge in [-0.05, 0) is 69.1 Å². The van der Waals surface area contributed by atoms with E-state index in [2.05, 4.69) is 150 Å². The van der Waals surface area contributed by atoms with Gasteiger partial charge in [0.15, 0.2) is 0 Å². The molecule has 3 heterocycles. The minimum Gasteiger partial charge on any atom is -0.509 e. The molecule has 6 nitrogen and oxygen atoms in total. The smallest absolute Gasteiger partial charge is 0.145 e. The van der Waals surface area contributed by atoms with E-state index in [1.54, 1.807) is 0 Å². The van der Waals surface area contributed by atoms with E-state index >= 15 is 0 Å². The summed E-state index contributed by atoms with van der Waals surface area (Å²) >= 11 is 0. The SMILES string of the molecule is CN1[OH+]N(c2[c-]c(Oc3[c-]c4c(cc3)c3ccccc3n4-c3cc(-c4c(-c5ccccc5)cccc4-c4ccccc4)ccn3)ccc2)c2ccccc21.[Pt]. The number of rotatable bonds is 7. The molecule has 10 rings (SSSR count). The molecule has 268 valence electrons. The van der Waals surface area contributed by atoms with E-state index in [0.717, 1.165) is 78.1 Å². The summed E-state index contributed by atoms with van der Waals surface area (Å²) in [6.07, 6.45) is 1.90. The molecule has 1 aliphatic rings. The van der Waals surface area contributed by atoms with Crippen molar-refractivity contribution in [3.8, 4) is 50.7 Å². The molecular weight excluding hydrogens is 860 g/mol. The van der Waals surface area contributed by atoms with Gasteiger partial charge in [-0.25, -0.2) is 4.98 Å². The first-order valence-corrected chi connectivity index (χ1v) is 17.9. The number of hydrogen-bond acceptors (Lipinski definition) is 4. The Morgan fingerprint density at radius 1 is 0.564 bits per heavy atom. The topological polar surface area (TPSA) is 46.3 Å². The summed E-state index contributed by atoms with van der Waals surface area (Å²) in [5.74, 6) is 1.94. The van der Waals surface area contributed by atoms with Gasteiger partial charge in [-0.2, -0.15) is 17.1 Å². The van der Waals surface area contributed by atoms with Crippen LogP contribution in [-0.4, -0.2) is 21.5 Å². The minimum atomic E-state index is 0. The van der Waals surface area contributed by atoms with Crippen molar-refractivity contribution in [3.05, 3.63) is 188 Å². The molecule has 2 aromatic heterocycles. The van der Waals surface area contributed by atoms with Crippen LogP contribution in [0.25, 0.3) is 61.0 Å². The second kappa shape index (κ2) is 14.4. The predicted molar refractivity (Wildman–Crippen MR) is 218 cm³/mol. The molecule has 0 unspecified atom stereocenters. The number of benzene rings is 7. The number of anilines is 3. The zero-order valence-corrected chi connectivity index (χ0v) is 32.0. The van der Waals surface area contributed by atoms with E-state index in [4.69, 9.17) is 14.7 Å². The molecule has 7 aromatic carbocycles. The number of aromatic nitrogens is 2. The number of para-hydroxylation sites is 3. The van der Waals surface area contributed by atoms with Crippen LogP contribution in [0.1, 0.15) is 0 Å². The van der Waals surface area contributed by atoms with Gasteiger partial charge in [0.2, 0.25) is 0 Å². The van der Waals surface area contributed by atoms with Crippen molar-refractivity contribution in [2.45, 2.75) is 0 Å². The summed E-state index contributed by atoms with van der Waals surface area (Å²) in [4.78, 5) is 9.70. The first-order valence-electron chi connectivity index (χ1n) is 17.9. The van der Waals surface area contributed by atoms with Gasteiger partial charge in [-0.3, -0.25) is 0 Å². The van der Waals surface area contributed by atoms with Crippen LogP contribution in [0.3, 0.4) is 0 Å². The van der Waals surface area contributed by atoms with Crippen molar-refractivity contribution in [2.24, 2.45) is 0 Å². The largest absolute Gasteiger partial charge is 0.509 e. The molecule has 1 N–H and O–H groups in total. The van der Waals surface area contributed by atoms with Crippen LogP contribution in [0.4, 0.5) is 17.1 Å². The van der Waals surface area contributed by atoms with Crippen LogP contribution in [0.5, 0.6) is 11.5 Å². The molecule has 0 radical (unpaired) electrons. The molecule has 0 atom stereocenters. The van der Waals surface area contributed by atoms with Gasteiger partial charge < -0.3 is 9.30 Å². The number of hydroxylamine groups is 1. The molecule has 0 saturated heterocycles. The standard InChI is InChI=1S/C48H32N4O2.Pt/c1-50-44-24-10-11-25-45(44)52(54-50)36-18-12-19-37(31-36)53-38-26-27-42-41-20-8-9-23-43(41)51(46(42)32-38)47-30-35(28-29-49-47)48-39(33-14-4-2-5-15-33)21-13-22-40(48)34-16-6-3-7-17-34;/h2-30H,1H3;/q-2;/p+1. The fourth-order valence-electron chi connectivity index (χ4n) is 7.51. The van der Waals surface area contributed by atoms with Crippen molar-refractivity contribution >= 4 is 38.9 Å². The van der Waals surface area contributed by atoms with E-state index in [0.29, 0.717) is 11.5 Å². The Kier molecular flexibility index (Phi) is 8.99. The third-order valence-electron chi connectivity index (χ3n) is 9.94. The molecule has 7 heteroatoms. The fraction of sp³-hybridized carbons (Fsp3) is 0.0208. The molecule has 0 saturated carbocycles. The summed E-state index contributed by atoms with van der Waals surface area (Å²) in [5, 5.41) is 5.92.